The van der Waals surface area contributed by atoms with Crippen molar-refractivity contribution < 1.29 is 9.84 Å². The van der Waals surface area contributed by atoms with Gasteiger partial charge in [-0.05, 0) is 44.0 Å². The second kappa shape index (κ2) is 8.09. The highest BCUT2D eigenvalue weighted by Gasteiger charge is 2.04. The first-order valence-corrected chi connectivity index (χ1v) is 6.35. The number of unbranched alkanes of at least 4 members (excludes halogenated alkanes) is 1. The van der Waals surface area contributed by atoms with Crippen molar-refractivity contribution in [1.82, 2.24) is 5.32 Å². The number of rotatable bonds is 8. The Morgan fingerprint density at radius 3 is 2.88 bits per heavy atom. The summed E-state index contributed by atoms with van der Waals surface area (Å²) in [6.07, 6.45) is 1.69. The van der Waals surface area contributed by atoms with Crippen molar-refractivity contribution in [3.05, 3.63) is 29.8 Å². The van der Waals surface area contributed by atoms with E-state index in [0.717, 1.165) is 25.1 Å². The number of benzene rings is 1. The lowest BCUT2D eigenvalue weighted by Crippen LogP contribution is -2.17. The molecule has 0 saturated heterocycles. The molecule has 0 fully saturated rings. The average molecular weight is 237 g/mol. The van der Waals surface area contributed by atoms with Crippen LogP contribution in [0.2, 0.25) is 0 Å². The second-order valence-electron chi connectivity index (χ2n) is 4.13. The summed E-state index contributed by atoms with van der Waals surface area (Å²) in [4.78, 5) is 0. The second-order valence-corrected chi connectivity index (χ2v) is 4.13. The minimum Gasteiger partial charge on any atom is -0.494 e. The summed E-state index contributed by atoms with van der Waals surface area (Å²) in [6, 6.07) is 8.52. The van der Waals surface area contributed by atoms with Crippen molar-refractivity contribution in [2.45, 2.75) is 32.7 Å². The van der Waals surface area contributed by atoms with Crippen LogP contribution < -0.4 is 10.1 Å². The number of aliphatic hydroxyl groups excluding tert-OH is 1. The summed E-state index contributed by atoms with van der Waals surface area (Å²) in [5, 5.41) is 12.1. The lowest BCUT2D eigenvalue weighted by atomic mass is 10.1. The lowest BCUT2D eigenvalue weighted by molar-refractivity contribution is 0.253. The van der Waals surface area contributed by atoms with Crippen LogP contribution >= 0.6 is 0 Å². The quantitative estimate of drug-likeness (QED) is 0.683. The Bertz CT molecular complexity index is 315. The Hall–Kier alpha value is -1.06. The number of ether oxygens (including phenoxy) is 1. The molecule has 1 rings (SSSR count). The Morgan fingerprint density at radius 2 is 2.18 bits per heavy atom. The monoisotopic (exact) mass is 237 g/mol. The molecule has 0 amide bonds. The van der Waals surface area contributed by atoms with E-state index in [1.165, 1.54) is 5.56 Å². The topological polar surface area (TPSA) is 41.5 Å². The third-order valence-electron chi connectivity index (χ3n) is 2.69. The molecule has 3 nitrogen and oxygen atoms in total. The van der Waals surface area contributed by atoms with Crippen molar-refractivity contribution in [1.29, 1.82) is 0 Å². The van der Waals surface area contributed by atoms with E-state index >= 15 is 0 Å². The van der Waals surface area contributed by atoms with E-state index in [0.29, 0.717) is 12.6 Å². The minimum absolute atomic E-state index is 0.237. The molecule has 0 aromatic heterocycles. The minimum atomic E-state index is 0.237. The van der Waals surface area contributed by atoms with Gasteiger partial charge in [-0.3, -0.25) is 0 Å². The van der Waals surface area contributed by atoms with Crippen molar-refractivity contribution >= 4 is 0 Å². The normalized spacial score (nSPS) is 12.4. The van der Waals surface area contributed by atoms with E-state index in [-0.39, 0.29) is 6.61 Å². The molecule has 0 aliphatic rings. The first kappa shape index (κ1) is 14.0. The lowest BCUT2D eigenvalue weighted by Gasteiger charge is -2.14. The predicted molar refractivity (Wildman–Crippen MR) is 70.3 cm³/mol. The van der Waals surface area contributed by atoms with Gasteiger partial charge in [-0.25, -0.2) is 0 Å². The molecule has 0 bridgehead atoms. The molecule has 96 valence electrons. The summed E-state index contributed by atoms with van der Waals surface area (Å²) in [6.45, 7) is 6.11. The van der Waals surface area contributed by atoms with E-state index < -0.39 is 0 Å². The zero-order chi connectivity index (χ0) is 12.5. The van der Waals surface area contributed by atoms with Crippen LogP contribution in [0.1, 0.15) is 38.3 Å². The van der Waals surface area contributed by atoms with Gasteiger partial charge in [0.15, 0.2) is 0 Å². The summed E-state index contributed by atoms with van der Waals surface area (Å²) in [7, 11) is 0. The van der Waals surface area contributed by atoms with Crippen molar-refractivity contribution in [3.8, 4) is 5.75 Å². The van der Waals surface area contributed by atoms with Gasteiger partial charge in [0.2, 0.25) is 0 Å². The van der Waals surface area contributed by atoms with Crippen molar-refractivity contribution in [2.24, 2.45) is 0 Å². The Labute approximate surface area is 104 Å². The molecular formula is C14H23NO2. The molecule has 0 aliphatic carbocycles. The molecule has 1 aromatic rings. The average Bonchev–Trinajstić information content (AvgIpc) is 2.35. The third kappa shape index (κ3) is 5.20. The SMILES string of the molecule is CCNC(C)c1cccc(OCCCCO)c1. The van der Waals surface area contributed by atoms with Gasteiger partial charge in [-0.2, -0.15) is 0 Å². The number of aliphatic hydroxyl groups is 1. The van der Waals surface area contributed by atoms with Crippen LogP contribution in [0.15, 0.2) is 24.3 Å². The molecule has 1 unspecified atom stereocenters. The van der Waals surface area contributed by atoms with Crippen LogP contribution in [0.5, 0.6) is 5.75 Å². The Kier molecular flexibility index (Phi) is 6.67. The highest BCUT2D eigenvalue weighted by Crippen LogP contribution is 2.19. The van der Waals surface area contributed by atoms with E-state index in [1.807, 2.05) is 12.1 Å². The molecule has 1 atom stereocenters. The molecule has 17 heavy (non-hydrogen) atoms. The Balaban J connectivity index is 2.47. The Morgan fingerprint density at radius 1 is 1.35 bits per heavy atom. The number of hydrogen-bond acceptors (Lipinski definition) is 3. The smallest absolute Gasteiger partial charge is 0.119 e. The summed E-state index contributed by atoms with van der Waals surface area (Å²) in [5.74, 6) is 0.908. The molecule has 0 saturated carbocycles. The molecule has 0 aliphatic heterocycles. The fraction of sp³-hybridized carbons (Fsp3) is 0.571. The fourth-order valence-corrected chi connectivity index (χ4v) is 1.70. The third-order valence-corrected chi connectivity index (χ3v) is 2.69. The molecule has 0 heterocycles. The maximum absolute atomic E-state index is 8.68. The first-order valence-electron chi connectivity index (χ1n) is 6.35. The molecular weight excluding hydrogens is 214 g/mol. The van der Waals surface area contributed by atoms with Gasteiger partial charge in [-0.15, -0.1) is 0 Å². The van der Waals surface area contributed by atoms with Crippen LogP contribution in [0, 0.1) is 0 Å². The largest absolute Gasteiger partial charge is 0.494 e. The summed E-state index contributed by atoms with van der Waals surface area (Å²) >= 11 is 0. The van der Waals surface area contributed by atoms with Crippen molar-refractivity contribution in [2.75, 3.05) is 19.8 Å². The molecule has 0 spiro atoms. The van der Waals surface area contributed by atoms with Gasteiger partial charge in [0.1, 0.15) is 5.75 Å². The van der Waals surface area contributed by atoms with Crippen LogP contribution in [0.4, 0.5) is 0 Å². The molecule has 0 radical (unpaired) electrons. The van der Waals surface area contributed by atoms with Gasteiger partial charge >= 0.3 is 0 Å². The standard InChI is InChI=1S/C14H23NO2/c1-3-15-12(2)13-7-6-8-14(11-13)17-10-5-4-9-16/h6-8,11-12,15-16H,3-5,9-10H2,1-2H3. The molecule has 3 heteroatoms. The summed E-state index contributed by atoms with van der Waals surface area (Å²) in [5.41, 5.74) is 1.24. The van der Waals surface area contributed by atoms with Gasteiger partial charge < -0.3 is 15.2 Å². The maximum Gasteiger partial charge on any atom is 0.119 e. The van der Waals surface area contributed by atoms with E-state index in [1.54, 1.807) is 0 Å². The van der Waals surface area contributed by atoms with Crippen LogP contribution in [0.3, 0.4) is 0 Å². The predicted octanol–water partition coefficient (Wildman–Crippen LogP) is 2.51. The van der Waals surface area contributed by atoms with E-state index in [4.69, 9.17) is 9.84 Å². The fourth-order valence-electron chi connectivity index (χ4n) is 1.70. The number of hydrogen-bond donors (Lipinski definition) is 2. The van der Waals surface area contributed by atoms with Gasteiger partial charge in [0.05, 0.1) is 6.61 Å². The van der Waals surface area contributed by atoms with Gasteiger partial charge in [-0.1, -0.05) is 19.1 Å². The van der Waals surface area contributed by atoms with E-state index in [2.05, 4.69) is 31.3 Å². The maximum atomic E-state index is 8.68. The van der Waals surface area contributed by atoms with E-state index in [9.17, 15) is 0 Å². The first-order chi connectivity index (χ1) is 8.27. The van der Waals surface area contributed by atoms with Crippen LogP contribution in [-0.2, 0) is 0 Å². The van der Waals surface area contributed by atoms with Gasteiger partial charge in [0, 0.05) is 12.6 Å². The highest BCUT2D eigenvalue weighted by molar-refractivity contribution is 5.30. The zero-order valence-corrected chi connectivity index (χ0v) is 10.8. The summed E-state index contributed by atoms with van der Waals surface area (Å²) < 4.78 is 5.64. The van der Waals surface area contributed by atoms with Crippen LogP contribution in [-0.4, -0.2) is 24.9 Å². The van der Waals surface area contributed by atoms with Gasteiger partial charge in [0.25, 0.3) is 0 Å². The highest BCUT2D eigenvalue weighted by atomic mass is 16.5. The van der Waals surface area contributed by atoms with Crippen molar-refractivity contribution in [3.63, 3.8) is 0 Å². The molecule has 2 N–H and O–H groups in total. The number of nitrogens with one attached hydrogen (secondary N) is 1. The zero-order valence-electron chi connectivity index (χ0n) is 10.8. The molecule has 1 aromatic carbocycles. The van der Waals surface area contributed by atoms with Crippen LogP contribution in [0.25, 0.3) is 0 Å².